The molecule has 17 heavy (non-hydrogen) atoms. The maximum Gasteiger partial charge on any atom is 0.260 e. The molecule has 0 spiro atoms. The van der Waals surface area contributed by atoms with E-state index in [2.05, 4.69) is 20.3 Å². The van der Waals surface area contributed by atoms with Crippen LogP contribution < -0.4 is 10.9 Å². The molecule has 0 bridgehead atoms. The van der Waals surface area contributed by atoms with Crippen LogP contribution in [-0.4, -0.2) is 15.0 Å². The minimum Gasteiger partial charge on any atom is -0.302 e. The molecule has 84 valence electrons. The molecular formula is C11H8N4OS. The van der Waals surface area contributed by atoms with Crippen molar-refractivity contribution in [3.05, 3.63) is 46.2 Å². The highest BCUT2D eigenvalue weighted by molar-refractivity contribution is 7.13. The second-order valence-corrected chi connectivity index (χ2v) is 4.29. The minimum absolute atomic E-state index is 0.158. The fraction of sp³-hybridized carbons (Fsp3) is 0. The van der Waals surface area contributed by atoms with E-state index in [0.717, 1.165) is 0 Å². The Balaban J connectivity index is 2.10. The summed E-state index contributed by atoms with van der Waals surface area (Å²) in [6.07, 6.45) is 1.69. The quantitative estimate of drug-likeness (QED) is 0.724. The molecule has 5 nitrogen and oxygen atoms in total. The van der Waals surface area contributed by atoms with Crippen LogP contribution in [0.15, 0.2) is 40.6 Å². The highest BCUT2D eigenvalue weighted by Gasteiger charge is 2.03. The van der Waals surface area contributed by atoms with Gasteiger partial charge in [-0.3, -0.25) is 9.78 Å². The van der Waals surface area contributed by atoms with E-state index in [0.29, 0.717) is 22.0 Å². The van der Waals surface area contributed by atoms with E-state index >= 15 is 0 Å². The predicted octanol–water partition coefficient (Wildman–Crippen LogP) is 2.12. The van der Waals surface area contributed by atoms with Crippen molar-refractivity contribution in [1.29, 1.82) is 0 Å². The monoisotopic (exact) mass is 244 g/mol. The lowest BCUT2D eigenvalue weighted by Crippen LogP contribution is -2.10. The summed E-state index contributed by atoms with van der Waals surface area (Å²) < 4.78 is 0. The van der Waals surface area contributed by atoms with E-state index in [1.807, 2.05) is 17.5 Å². The van der Waals surface area contributed by atoms with Crippen LogP contribution in [0.5, 0.6) is 0 Å². The number of rotatable bonds is 2. The average molecular weight is 244 g/mol. The van der Waals surface area contributed by atoms with Crippen LogP contribution in [0.1, 0.15) is 0 Å². The zero-order chi connectivity index (χ0) is 11.7. The Morgan fingerprint density at radius 1 is 1.29 bits per heavy atom. The molecule has 0 radical (unpaired) electrons. The zero-order valence-corrected chi connectivity index (χ0v) is 9.49. The molecule has 0 atom stereocenters. The van der Waals surface area contributed by atoms with E-state index in [-0.39, 0.29) is 5.56 Å². The summed E-state index contributed by atoms with van der Waals surface area (Å²) in [6.45, 7) is 0. The lowest BCUT2D eigenvalue weighted by molar-refractivity contribution is 1.16. The second-order valence-electron chi connectivity index (χ2n) is 3.39. The first-order valence-corrected chi connectivity index (χ1v) is 5.86. The van der Waals surface area contributed by atoms with Gasteiger partial charge in [0.2, 0.25) is 5.95 Å². The van der Waals surface area contributed by atoms with Crippen molar-refractivity contribution in [2.45, 2.75) is 0 Å². The zero-order valence-electron chi connectivity index (χ0n) is 8.68. The lowest BCUT2D eigenvalue weighted by Gasteiger charge is -2.02. The van der Waals surface area contributed by atoms with Gasteiger partial charge in [-0.15, -0.1) is 11.3 Å². The van der Waals surface area contributed by atoms with Gasteiger partial charge in [0.25, 0.3) is 5.56 Å². The predicted molar refractivity (Wildman–Crippen MR) is 67.8 cm³/mol. The number of benzene rings is 1. The lowest BCUT2D eigenvalue weighted by atomic mass is 10.2. The van der Waals surface area contributed by atoms with Crippen LogP contribution in [-0.2, 0) is 0 Å². The van der Waals surface area contributed by atoms with E-state index in [9.17, 15) is 4.79 Å². The molecule has 0 amide bonds. The summed E-state index contributed by atoms with van der Waals surface area (Å²) in [4.78, 5) is 22.8. The smallest absolute Gasteiger partial charge is 0.260 e. The van der Waals surface area contributed by atoms with Gasteiger partial charge in [-0.1, -0.05) is 12.1 Å². The molecule has 2 aromatic heterocycles. The fourth-order valence-electron chi connectivity index (χ4n) is 1.53. The van der Waals surface area contributed by atoms with Gasteiger partial charge in [-0.25, -0.2) is 9.97 Å². The van der Waals surface area contributed by atoms with Gasteiger partial charge in [0.1, 0.15) is 0 Å². The Bertz CT molecular complexity index is 705. The number of aromatic nitrogens is 3. The third-order valence-corrected chi connectivity index (χ3v) is 2.96. The van der Waals surface area contributed by atoms with Crippen molar-refractivity contribution < 1.29 is 0 Å². The average Bonchev–Trinajstić information content (AvgIpc) is 2.82. The summed E-state index contributed by atoms with van der Waals surface area (Å²) in [5, 5.41) is 6.08. The van der Waals surface area contributed by atoms with Crippen molar-refractivity contribution in [1.82, 2.24) is 15.0 Å². The standard InChI is InChI=1S/C11H8N4OS/c16-9-7-3-1-2-4-8(7)13-10(14-9)15-11-12-5-6-17-11/h1-6H,(H2,12,13,14,15,16). The van der Waals surface area contributed by atoms with Crippen LogP contribution in [0.4, 0.5) is 11.1 Å². The van der Waals surface area contributed by atoms with Gasteiger partial charge in [0, 0.05) is 11.6 Å². The number of fused-ring (bicyclic) bond motifs is 1. The molecule has 0 unspecified atom stereocenters. The molecule has 0 aliphatic heterocycles. The highest BCUT2D eigenvalue weighted by atomic mass is 32.1. The molecular weight excluding hydrogens is 236 g/mol. The first-order chi connectivity index (χ1) is 8.33. The van der Waals surface area contributed by atoms with Crippen LogP contribution in [0.3, 0.4) is 0 Å². The SMILES string of the molecule is O=c1[nH]c(Nc2nccs2)nc2ccccc12. The van der Waals surface area contributed by atoms with Gasteiger partial charge in [-0.2, -0.15) is 0 Å². The largest absolute Gasteiger partial charge is 0.302 e. The first kappa shape index (κ1) is 9.98. The van der Waals surface area contributed by atoms with Gasteiger partial charge in [-0.05, 0) is 12.1 Å². The summed E-state index contributed by atoms with van der Waals surface area (Å²) in [7, 11) is 0. The Hall–Kier alpha value is -2.21. The summed E-state index contributed by atoms with van der Waals surface area (Å²) in [5.41, 5.74) is 0.505. The topological polar surface area (TPSA) is 70.7 Å². The van der Waals surface area contributed by atoms with E-state index in [4.69, 9.17) is 0 Å². The van der Waals surface area contributed by atoms with E-state index in [1.54, 1.807) is 18.3 Å². The molecule has 0 aliphatic carbocycles. The number of aromatic amines is 1. The van der Waals surface area contributed by atoms with Crippen LogP contribution in [0, 0.1) is 0 Å². The van der Waals surface area contributed by atoms with Crippen LogP contribution in [0.2, 0.25) is 0 Å². The van der Waals surface area contributed by atoms with Gasteiger partial charge in [0.15, 0.2) is 5.13 Å². The van der Waals surface area contributed by atoms with Crippen molar-refractivity contribution in [3.8, 4) is 0 Å². The molecule has 0 aliphatic rings. The number of hydrogen-bond donors (Lipinski definition) is 2. The fourth-order valence-corrected chi connectivity index (χ4v) is 2.06. The van der Waals surface area contributed by atoms with Gasteiger partial charge in [0.05, 0.1) is 10.9 Å². The number of nitrogens with one attached hydrogen (secondary N) is 2. The normalized spacial score (nSPS) is 10.6. The van der Waals surface area contributed by atoms with Crippen molar-refractivity contribution in [2.75, 3.05) is 5.32 Å². The molecule has 3 aromatic rings. The summed E-state index contributed by atoms with van der Waals surface area (Å²) >= 11 is 1.44. The number of para-hydroxylation sites is 1. The van der Waals surface area contributed by atoms with Crippen molar-refractivity contribution in [3.63, 3.8) is 0 Å². The number of hydrogen-bond acceptors (Lipinski definition) is 5. The highest BCUT2D eigenvalue weighted by Crippen LogP contribution is 2.15. The molecule has 2 N–H and O–H groups in total. The third-order valence-electron chi connectivity index (χ3n) is 2.27. The van der Waals surface area contributed by atoms with E-state index < -0.39 is 0 Å². The molecule has 2 heterocycles. The number of nitrogens with zero attached hydrogens (tertiary/aromatic N) is 2. The van der Waals surface area contributed by atoms with Crippen molar-refractivity contribution in [2.24, 2.45) is 0 Å². The molecule has 0 saturated heterocycles. The molecule has 0 fully saturated rings. The number of thiazole rings is 1. The maximum absolute atomic E-state index is 11.8. The number of anilines is 2. The Labute approximate surface area is 100 Å². The first-order valence-electron chi connectivity index (χ1n) is 4.98. The minimum atomic E-state index is -0.158. The molecule has 1 aromatic carbocycles. The van der Waals surface area contributed by atoms with Gasteiger partial charge < -0.3 is 5.32 Å². The summed E-state index contributed by atoms with van der Waals surface area (Å²) in [6, 6.07) is 7.21. The van der Waals surface area contributed by atoms with E-state index in [1.165, 1.54) is 11.3 Å². The summed E-state index contributed by atoms with van der Waals surface area (Å²) in [5.74, 6) is 0.406. The second kappa shape index (κ2) is 3.99. The van der Waals surface area contributed by atoms with Crippen LogP contribution >= 0.6 is 11.3 Å². The Morgan fingerprint density at radius 2 is 2.18 bits per heavy atom. The Kier molecular flexibility index (Phi) is 2.34. The molecule has 3 rings (SSSR count). The Morgan fingerprint density at radius 3 is 3.00 bits per heavy atom. The van der Waals surface area contributed by atoms with Crippen molar-refractivity contribution >= 4 is 33.3 Å². The van der Waals surface area contributed by atoms with Crippen LogP contribution in [0.25, 0.3) is 10.9 Å². The molecule has 0 saturated carbocycles. The number of H-pyrrole nitrogens is 1. The molecule has 6 heteroatoms. The maximum atomic E-state index is 11.8. The third kappa shape index (κ3) is 1.90. The van der Waals surface area contributed by atoms with Gasteiger partial charge >= 0.3 is 0 Å².